The quantitative estimate of drug-likeness (QED) is 0.0632. The fourth-order valence-electron chi connectivity index (χ4n) is 12.4. The molecule has 572 valence electrons. The van der Waals surface area contributed by atoms with Crippen molar-refractivity contribution < 1.29 is 57.6 Å². The Morgan fingerprint density at radius 1 is 0.295 bits per heavy atom. The minimum Gasteiger partial charge on any atom is -0.423 e. The molecule has 0 aliphatic heterocycles. The molecule has 0 saturated heterocycles. The SMILES string of the molecule is COB(OC)OC.C[C-](C)C.Cc1cccc(C)c1-c1ccc(-c2nc(-c3ccc(-c4c(C)cccc4C)cc3)nc(-c3ccc(-c4c(C)cccc4C)cc3)n2)cc1.Cc1cccc(C)c1-c1ccc(B(O)O)cc1.Cc1cccc(C)c1-c1ccc(Br)cc1.Cc1ccccc1B(O)O.Clc1nc(Cl)nc(Cl)n1.F.[Li+]. The average Bonchev–Trinajstić information content (AvgIpc) is 0.776. The van der Waals surface area contributed by atoms with E-state index in [4.69, 9.17) is 69.9 Å². The van der Waals surface area contributed by atoms with Gasteiger partial charge < -0.3 is 40.0 Å². The molecule has 0 aliphatic carbocycles. The first-order valence-electron chi connectivity index (χ1n) is 35.6. The van der Waals surface area contributed by atoms with Crippen molar-refractivity contribution in [3.05, 3.63) is 324 Å². The first-order chi connectivity index (χ1) is 52.5. The van der Waals surface area contributed by atoms with E-state index in [2.05, 4.69) is 317 Å². The number of hydrogen-bond donors (Lipinski definition) is 4. The minimum atomic E-state index is -1.40. The Bertz CT molecular complexity index is 4690. The van der Waals surface area contributed by atoms with Gasteiger partial charge in [-0.1, -0.05) is 246 Å². The summed E-state index contributed by atoms with van der Waals surface area (Å²) in [4.78, 5) is 25.5. The molecular formula is C90H95B3BrCl3FLiN6O7. The van der Waals surface area contributed by atoms with E-state index in [-0.39, 0.29) is 39.4 Å². The second-order valence-electron chi connectivity index (χ2n) is 26.7. The number of aromatic nitrogens is 6. The Morgan fingerprint density at radius 3 is 0.696 bits per heavy atom. The zero-order valence-electron chi connectivity index (χ0n) is 66.9. The second kappa shape index (κ2) is 46.4. The standard InChI is InChI=1S/C45H39N3.C14H15BO2.C14H13Br.C7H9BO2.C4H9.C3H9BO3.C3Cl3N3.FH.Li/c1-28-10-7-11-29(2)40(28)34-16-22-37(23-17-34)43-46-44(38-24-18-35(19-25-38)41-30(3)12-8-13-31(41)4)48-45(47-43)39-26-20-36(21-27-39)42-32(5)14-9-15-33(42)6;1-10-4-3-5-11(2)14(10)12-6-8-13(9-7-12)15(16)17;1-10-4-3-5-11(2)14(10)12-6-8-13(15)9-7-12;1-6-4-2-3-5-7(6)8(9)10;1-4(2)3;1-5-4(6-2)7-3;4-1-7-2(5)9-3(6)8-1;;/h7-27H,1-6H3;3-9,16-17H,1-2H3;3-9H,1-2H3;2-5,9-10H,1H3;1-3H3;1-3H3;;1H;/q;;;;-1;;;;+1. The van der Waals surface area contributed by atoms with Crippen LogP contribution in [-0.2, 0) is 14.0 Å². The van der Waals surface area contributed by atoms with Crippen LogP contribution in [0.5, 0.6) is 0 Å². The molecule has 0 bridgehead atoms. The maximum Gasteiger partial charge on any atom is 1.00 e. The predicted octanol–water partition coefficient (Wildman–Crippen LogP) is 18.3. The third-order valence-electron chi connectivity index (χ3n) is 17.6. The fraction of sp³-hybridized carbons (Fsp3) is 0.189. The number of rotatable bonds is 13. The van der Waals surface area contributed by atoms with Gasteiger partial charge in [0.2, 0.25) is 15.9 Å². The van der Waals surface area contributed by atoms with E-state index in [0.29, 0.717) is 28.4 Å². The molecule has 11 aromatic carbocycles. The van der Waals surface area contributed by atoms with Gasteiger partial charge >= 0.3 is 40.4 Å². The van der Waals surface area contributed by atoms with Gasteiger partial charge in [-0.2, -0.15) is 35.7 Å². The molecule has 0 saturated carbocycles. The van der Waals surface area contributed by atoms with Gasteiger partial charge in [0.25, 0.3) is 0 Å². The van der Waals surface area contributed by atoms with E-state index < -0.39 is 21.6 Å². The van der Waals surface area contributed by atoms with Crippen LogP contribution in [0.3, 0.4) is 0 Å². The molecule has 13 aromatic rings. The smallest absolute Gasteiger partial charge is 0.423 e. The molecular weight excluding hydrogens is 1520 g/mol. The van der Waals surface area contributed by atoms with Crippen molar-refractivity contribution in [2.45, 2.75) is 96.9 Å². The van der Waals surface area contributed by atoms with E-state index in [1.165, 1.54) is 133 Å². The molecule has 13 nitrogen and oxygen atoms in total. The van der Waals surface area contributed by atoms with E-state index in [1.54, 1.807) is 24.3 Å². The second-order valence-corrected chi connectivity index (χ2v) is 28.7. The van der Waals surface area contributed by atoms with Crippen LogP contribution in [0.25, 0.3) is 89.8 Å². The summed E-state index contributed by atoms with van der Waals surface area (Å²) in [6.07, 6.45) is 0. The van der Waals surface area contributed by atoms with Crippen LogP contribution in [0.4, 0.5) is 4.70 Å². The molecule has 0 aliphatic rings. The van der Waals surface area contributed by atoms with Crippen molar-refractivity contribution in [2.75, 3.05) is 21.3 Å². The largest absolute Gasteiger partial charge is 1.00 e. The van der Waals surface area contributed by atoms with Crippen LogP contribution in [-0.4, -0.2) is 92.9 Å². The number of benzene rings is 11. The van der Waals surface area contributed by atoms with Gasteiger partial charge in [-0.25, -0.2) is 15.0 Å². The minimum absolute atomic E-state index is 0. The third-order valence-corrected chi connectivity index (χ3v) is 18.6. The zero-order chi connectivity index (χ0) is 80.3. The summed E-state index contributed by atoms with van der Waals surface area (Å²) in [7, 11) is 1.27. The summed E-state index contributed by atoms with van der Waals surface area (Å²) < 4.78 is 14.9. The van der Waals surface area contributed by atoms with Gasteiger partial charge in [0, 0.05) is 42.5 Å². The first-order valence-corrected chi connectivity index (χ1v) is 37.6. The monoisotopic (exact) mass is 1610 g/mol. The van der Waals surface area contributed by atoms with Crippen LogP contribution in [0.1, 0.15) is 82.0 Å². The third kappa shape index (κ3) is 27.5. The molecule has 2 aromatic heterocycles. The Hall–Kier alpha value is -8.77. The predicted molar refractivity (Wildman–Crippen MR) is 467 cm³/mol. The van der Waals surface area contributed by atoms with Crippen molar-refractivity contribution in [3.8, 4) is 89.8 Å². The van der Waals surface area contributed by atoms with Gasteiger partial charge in [-0.3, -0.25) is 4.70 Å². The Kier molecular flexibility index (Phi) is 38.9. The molecule has 4 N–H and O–H groups in total. The number of aryl methyl sites for hydroxylation is 11. The molecule has 112 heavy (non-hydrogen) atoms. The summed E-state index contributed by atoms with van der Waals surface area (Å²) in [5.74, 6) is 3.38. The summed E-state index contributed by atoms with van der Waals surface area (Å²) in [6, 6.07) is 80.7. The average molecular weight is 1620 g/mol. The number of nitrogens with zero attached hydrogens (tertiary/aromatic N) is 6. The molecule has 22 heteroatoms. The maximum absolute atomic E-state index is 9.05. The van der Waals surface area contributed by atoms with Crippen LogP contribution < -0.4 is 29.8 Å². The van der Waals surface area contributed by atoms with E-state index in [0.717, 1.165) is 32.3 Å². The molecule has 0 atom stereocenters. The molecule has 0 amide bonds. The molecule has 0 fully saturated rings. The molecule has 0 unspecified atom stereocenters. The van der Waals surface area contributed by atoms with E-state index >= 15 is 0 Å². The molecule has 0 spiro atoms. The van der Waals surface area contributed by atoms with Gasteiger partial charge in [0.15, 0.2) is 17.5 Å². The van der Waals surface area contributed by atoms with Gasteiger partial charge in [-0.15, -0.1) is 0 Å². The van der Waals surface area contributed by atoms with Gasteiger partial charge in [-0.05, 0) is 245 Å². The molecule has 0 radical (unpaired) electrons. The van der Waals surface area contributed by atoms with E-state index in [1.807, 2.05) is 37.3 Å². The number of hydrogen-bond acceptors (Lipinski definition) is 13. The molecule has 13 rings (SSSR count). The van der Waals surface area contributed by atoms with Crippen molar-refractivity contribution in [3.63, 3.8) is 0 Å². The Morgan fingerprint density at radius 2 is 0.500 bits per heavy atom. The van der Waals surface area contributed by atoms with Crippen molar-refractivity contribution in [1.29, 1.82) is 0 Å². The van der Waals surface area contributed by atoms with Crippen LogP contribution >= 0.6 is 50.7 Å². The van der Waals surface area contributed by atoms with Crippen molar-refractivity contribution >= 4 is 83.2 Å². The molecule has 2 heterocycles. The van der Waals surface area contributed by atoms with E-state index in [9.17, 15) is 0 Å². The summed E-state index contributed by atoms with van der Waals surface area (Å²) in [5, 5.41) is 35.6. The van der Waals surface area contributed by atoms with Crippen molar-refractivity contribution in [1.82, 2.24) is 29.9 Å². The summed E-state index contributed by atoms with van der Waals surface area (Å²) in [6.45, 7) is 29.6. The summed E-state index contributed by atoms with van der Waals surface area (Å²) >= 11 is 19.4. The van der Waals surface area contributed by atoms with Gasteiger partial charge in [0.05, 0.1) is 0 Å². The van der Waals surface area contributed by atoms with Crippen LogP contribution in [0.15, 0.2) is 241 Å². The van der Waals surface area contributed by atoms with Gasteiger partial charge in [0.1, 0.15) is 0 Å². The van der Waals surface area contributed by atoms with Crippen LogP contribution in [0.2, 0.25) is 15.9 Å². The first kappa shape index (κ1) is 93.8. The zero-order valence-corrected chi connectivity index (χ0v) is 70.7. The van der Waals surface area contributed by atoms with Crippen molar-refractivity contribution in [2.24, 2.45) is 0 Å². The Labute approximate surface area is 697 Å². The topological polar surface area (TPSA) is 186 Å². The fourth-order valence-corrected chi connectivity index (χ4v) is 13.3. The van der Waals surface area contributed by atoms with Crippen LogP contribution in [0, 0.1) is 82.1 Å². The summed E-state index contributed by atoms with van der Waals surface area (Å²) in [5.41, 5.74) is 29.9. The normalized spacial score (nSPS) is 10.2. The maximum atomic E-state index is 9.05. The number of halogens is 5. The Balaban J connectivity index is 0.000000284.